The topological polar surface area (TPSA) is 107 Å². The number of nitrogens with zero attached hydrogens (tertiary/aromatic N) is 4. The lowest BCUT2D eigenvalue weighted by Gasteiger charge is -2.09. The number of methoxy groups -OCH3 is 4. The van der Waals surface area contributed by atoms with Gasteiger partial charge < -0.3 is 18.9 Å². The maximum Gasteiger partial charge on any atom is 0.368 e. The van der Waals surface area contributed by atoms with Crippen molar-refractivity contribution < 1.29 is 23.7 Å². The van der Waals surface area contributed by atoms with Gasteiger partial charge in [-0.15, -0.1) is 0 Å². The van der Waals surface area contributed by atoms with Gasteiger partial charge in [-0.2, -0.15) is 9.36 Å². The predicted molar refractivity (Wildman–Crippen MR) is 112 cm³/mol. The van der Waals surface area contributed by atoms with Crippen molar-refractivity contribution in [3.8, 4) is 22.9 Å². The second kappa shape index (κ2) is 9.61. The zero-order chi connectivity index (χ0) is 22.4. The van der Waals surface area contributed by atoms with Crippen LogP contribution in [0.3, 0.4) is 0 Å². The van der Waals surface area contributed by atoms with Crippen LogP contribution in [0.15, 0.2) is 52.8 Å². The van der Waals surface area contributed by atoms with E-state index in [9.17, 15) is 9.59 Å². The summed E-state index contributed by atoms with van der Waals surface area (Å²) in [5.41, 5.74) is 0.875. The Morgan fingerprint density at radius 2 is 1.65 bits per heavy atom. The van der Waals surface area contributed by atoms with Crippen LogP contribution in [0.1, 0.15) is 5.56 Å². The van der Waals surface area contributed by atoms with E-state index in [1.165, 1.54) is 21.3 Å². The number of rotatable bonds is 8. The molecule has 10 nitrogen and oxygen atoms in total. The van der Waals surface area contributed by atoms with Crippen LogP contribution in [0, 0.1) is 0 Å². The lowest BCUT2D eigenvalue weighted by molar-refractivity contribution is -0.136. The van der Waals surface area contributed by atoms with Gasteiger partial charge in [0.2, 0.25) is 0 Å². The first-order valence-electron chi connectivity index (χ1n) is 9.19. The van der Waals surface area contributed by atoms with Crippen LogP contribution in [0.4, 0.5) is 0 Å². The van der Waals surface area contributed by atoms with Crippen LogP contribution in [0.25, 0.3) is 11.8 Å². The number of esters is 1. The molecule has 162 valence electrons. The Kier molecular flexibility index (Phi) is 6.71. The highest BCUT2D eigenvalue weighted by molar-refractivity contribution is 5.93. The van der Waals surface area contributed by atoms with Crippen molar-refractivity contribution in [1.29, 1.82) is 0 Å². The van der Waals surface area contributed by atoms with Crippen molar-refractivity contribution in [2.24, 2.45) is 0 Å². The molecule has 0 fully saturated rings. The zero-order valence-electron chi connectivity index (χ0n) is 17.6. The molecule has 0 aliphatic carbocycles. The largest absolute Gasteiger partial charge is 0.497 e. The molecule has 10 heteroatoms. The van der Waals surface area contributed by atoms with Crippen LogP contribution in [0.5, 0.6) is 17.2 Å². The van der Waals surface area contributed by atoms with E-state index in [1.807, 2.05) is 0 Å². The van der Waals surface area contributed by atoms with E-state index >= 15 is 0 Å². The summed E-state index contributed by atoms with van der Waals surface area (Å²) < 4.78 is 22.7. The van der Waals surface area contributed by atoms with Gasteiger partial charge in [-0.3, -0.25) is 0 Å². The molecule has 1 aromatic heterocycles. The number of hydrogen-bond acceptors (Lipinski definition) is 8. The normalized spacial score (nSPS) is 11.2. The van der Waals surface area contributed by atoms with Crippen LogP contribution < -0.4 is 19.9 Å². The smallest absolute Gasteiger partial charge is 0.368 e. The average molecular weight is 426 g/mol. The van der Waals surface area contributed by atoms with Gasteiger partial charge in [0, 0.05) is 0 Å². The molecule has 0 saturated carbocycles. The molecule has 0 aliphatic heterocycles. The number of carbonyl (C=O) groups excluding carboxylic acids is 1. The predicted octanol–water partition coefficient (Wildman–Crippen LogP) is 1.71. The SMILES string of the molecule is COC(=O)/C(=C/c1ccc(OC)c(OC)c1)Cn1nnn(-c2ccc(OC)cc2)c1=O. The molecule has 0 aliphatic rings. The van der Waals surface area contributed by atoms with Gasteiger partial charge in [0.25, 0.3) is 0 Å². The molecule has 1 heterocycles. The third-order valence-corrected chi connectivity index (χ3v) is 4.47. The zero-order valence-corrected chi connectivity index (χ0v) is 17.6. The summed E-state index contributed by atoms with van der Waals surface area (Å²) in [6.07, 6.45) is 1.59. The number of ether oxygens (including phenoxy) is 4. The molecule has 31 heavy (non-hydrogen) atoms. The van der Waals surface area contributed by atoms with Crippen molar-refractivity contribution >= 4 is 12.0 Å². The highest BCUT2D eigenvalue weighted by Gasteiger charge is 2.16. The highest BCUT2D eigenvalue weighted by atomic mass is 16.5. The van der Waals surface area contributed by atoms with Crippen LogP contribution >= 0.6 is 0 Å². The molecule has 0 bridgehead atoms. The van der Waals surface area contributed by atoms with Crippen LogP contribution in [0.2, 0.25) is 0 Å². The molecule has 0 radical (unpaired) electrons. The Labute approximate surface area is 178 Å². The summed E-state index contributed by atoms with van der Waals surface area (Å²) in [6.45, 7) is -0.129. The van der Waals surface area contributed by atoms with E-state index < -0.39 is 11.7 Å². The first kappa shape index (κ1) is 21.6. The van der Waals surface area contributed by atoms with E-state index in [2.05, 4.69) is 10.4 Å². The number of carbonyl (C=O) groups is 1. The van der Waals surface area contributed by atoms with E-state index in [-0.39, 0.29) is 12.1 Å². The lowest BCUT2D eigenvalue weighted by atomic mass is 10.1. The maximum atomic E-state index is 12.8. The van der Waals surface area contributed by atoms with Gasteiger partial charge >= 0.3 is 11.7 Å². The summed E-state index contributed by atoms with van der Waals surface area (Å²) in [5.74, 6) is 1.11. The standard InChI is InChI=1S/C21H22N4O6/c1-28-17-8-6-16(7-9-17)25-21(27)24(22-23-25)13-15(20(26)31-4)11-14-5-10-18(29-2)19(12-14)30-3/h5-12H,13H2,1-4H3/b15-11+. The molecule has 0 amide bonds. The minimum absolute atomic E-state index is 0.129. The van der Waals surface area contributed by atoms with Gasteiger partial charge in [-0.05, 0) is 58.5 Å². The molecule has 0 atom stereocenters. The third-order valence-electron chi connectivity index (χ3n) is 4.47. The molecular formula is C21H22N4O6. The maximum absolute atomic E-state index is 12.8. The Balaban J connectivity index is 1.93. The van der Waals surface area contributed by atoms with E-state index in [0.717, 1.165) is 9.36 Å². The Morgan fingerprint density at radius 3 is 2.26 bits per heavy atom. The average Bonchev–Trinajstić information content (AvgIpc) is 3.17. The molecule has 0 spiro atoms. The van der Waals surface area contributed by atoms with E-state index in [0.29, 0.717) is 28.5 Å². The second-order valence-corrected chi connectivity index (χ2v) is 6.30. The Morgan fingerprint density at radius 1 is 0.935 bits per heavy atom. The molecule has 2 aromatic carbocycles. The molecule has 0 saturated heterocycles. The van der Waals surface area contributed by atoms with Crippen LogP contribution in [-0.4, -0.2) is 54.2 Å². The summed E-state index contributed by atoms with van der Waals surface area (Å²) in [4.78, 5) is 25.1. The summed E-state index contributed by atoms with van der Waals surface area (Å²) >= 11 is 0. The van der Waals surface area contributed by atoms with Crippen molar-refractivity contribution in [2.75, 3.05) is 28.4 Å². The Hall–Kier alpha value is -4.08. The highest BCUT2D eigenvalue weighted by Crippen LogP contribution is 2.28. The summed E-state index contributed by atoms with van der Waals surface area (Å²) in [7, 11) is 5.87. The van der Waals surface area contributed by atoms with Gasteiger partial charge in [0.05, 0.1) is 46.2 Å². The van der Waals surface area contributed by atoms with Gasteiger partial charge in [0.15, 0.2) is 11.5 Å². The number of tetrazole rings is 1. The van der Waals surface area contributed by atoms with Crippen molar-refractivity contribution in [1.82, 2.24) is 19.8 Å². The van der Waals surface area contributed by atoms with Crippen molar-refractivity contribution in [3.63, 3.8) is 0 Å². The monoisotopic (exact) mass is 426 g/mol. The van der Waals surface area contributed by atoms with Crippen LogP contribution in [-0.2, 0) is 16.1 Å². The van der Waals surface area contributed by atoms with Crippen molar-refractivity contribution in [2.45, 2.75) is 6.54 Å². The lowest BCUT2D eigenvalue weighted by Crippen LogP contribution is -2.26. The summed E-state index contributed by atoms with van der Waals surface area (Å²) in [5, 5.41) is 7.78. The minimum Gasteiger partial charge on any atom is -0.497 e. The number of hydrogen-bond donors (Lipinski definition) is 0. The number of benzene rings is 2. The fourth-order valence-corrected chi connectivity index (χ4v) is 2.86. The van der Waals surface area contributed by atoms with Gasteiger partial charge in [-0.1, -0.05) is 6.07 Å². The third kappa shape index (κ3) is 4.74. The van der Waals surface area contributed by atoms with Crippen molar-refractivity contribution in [3.05, 3.63) is 64.1 Å². The Bertz CT molecular complexity index is 1150. The summed E-state index contributed by atoms with van der Waals surface area (Å²) in [6, 6.07) is 11.9. The van der Waals surface area contributed by atoms with E-state index in [4.69, 9.17) is 18.9 Å². The first-order valence-corrected chi connectivity index (χ1v) is 9.19. The second-order valence-electron chi connectivity index (χ2n) is 6.30. The molecule has 0 unspecified atom stereocenters. The van der Waals surface area contributed by atoms with E-state index in [1.54, 1.807) is 55.7 Å². The molecule has 3 rings (SSSR count). The van der Waals surface area contributed by atoms with Gasteiger partial charge in [0.1, 0.15) is 5.75 Å². The fraction of sp³-hybridized carbons (Fsp3) is 0.238. The fourth-order valence-electron chi connectivity index (χ4n) is 2.86. The number of aromatic nitrogens is 4. The first-order chi connectivity index (χ1) is 15.0. The molecular weight excluding hydrogens is 404 g/mol. The minimum atomic E-state index is -0.597. The molecule has 3 aromatic rings. The van der Waals surface area contributed by atoms with Gasteiger partial charge in [-0.25, -0.2) is 9.59 Å². The molecule has 0 N–H and O–H groups in total. The quantitative estimate of drug-likeness (QED) is 0.396.